The van der Waals surface area contributed by atoms with Crippen LogP contribution in [0.4, 0.5) is 4.79 Å². The second-order valence-electron chi connectivity index (χ2n) is 8.05. The first-order valence-electron chi connectivity index (χ1n) is 10.5. The van der Waals surface area contributed by atoms with E-state index in [4.69, 9.17) is 9.47 Å². The van der Waals surface area contributed by atoms with E-state index in [1.165, 1.54) is 7.11 Å². The number of carboxylic acid groups (broad SMARTS) is 1. The fraction of sp³-hybridized carbons (Fsp3) is 0.375. The number of carboxylic acids is 1. The van der Waals surface area contributed by atoms with Gasteiger partial charge in [0, 0.05) is 13.0 Å². The number of fused-ring (bicyclic) bond motifs is 3. The van der Waals surface area contributed by atoms with E-state index in [9.17, 15) is 19.5 Å². The third-order valence-electron chi connectivity index (χ3n) is 5.52. The van der Waals surface area contributed by atoms with E-state index in [1.807, 2.05) is 48.5 Å². The number of carbonyl (C=O) groups excluding carboxylic acids is 2. The van der Waals surface area contributed by atoms with Crippen LogP contribution in [0.1, 0.15) is 30.9 Å². The Morgan fingerprint density at radius 1 is 0.969 bits per heavy atom. The Labute approximate surface area is 186 Å². The van der Waals surface area contributed by atoms with Crippen LogP contribution in [-0.2, 0) is 19.1 Å². The number of rotatable bonds is 9. The predicted molar refractivity (Wildman–Crippen MR) is 118 cm³/mol. The number of amides is 2. The molecule has 0 radical (unpaired) electrons. The van der Waals surface area contributed by atoms with Gasteiger partial charge < -0.3 is 25.2 Å². The summed E-state index contributed by atoms with van der Waals surface area (Å²) < 4.78 is 10.5. The molecule has 0 bridgehead atoms. The first-order valence-corrected chi connectivity index (χ1v) is 10.5. The number of alkyl carbamates (subject to hydrolysis) is 1. The highest BCUT2D eigenvalue weighted by Crippen LogP contribution is 2.44. The molecule has 0 fully saturated rings. The van der Waals surface area contributed by atoms with Crippen molar-refractivity contribution in [2.45, 2.75) is 31.8 Å². The van der Waals surface area contributed by atoms with Gasteiger partial charge in [-0.2, -0.15) is 0 Å². The van der Waals surface area contributed by atoms with Crippen LogP contribution in [0.3, 0.4) is 0 Å². The lowest BCUT2D eigenvalue weighted by Crippen LogP contribution is -2.54. The van der Waals surface area contributed by atoms with E-state index >= 15 is 0 Å². The predicted octanol–water partition coefficient (Wildman–Crippen LogP) is 2.77. The summed E-state index contributed by atoms with van der Waals surface area (Å²) in [7, 11) is 1.39. The fourth-order valence-corrected chi connectivity index (χ4v) is 3.90. The van der Waals surface area contributed by atoms with Gasteiger partial charge in [-0.15, -0.1) is 0 Å². The molecule has 8 nitrogen and oxygen atoms in total. The number of aliphatic carboxylic acids is 1. The molecule has 0 aromatic heterocycles. The van der Waals surface area contributed by atoms with Crippen LogP contribution in [-0.4, -0.2) is 55.5 Å². The molecule has 0 saturated heterocycles. The zero-order valence-electron chi connectivity index (χ0n) is 18.3. The summed E-state index contributed by atoms with van der Waals surface area (Å²) in [4.78, 5) is 36.4. The molecule has 2 atom stereocenters. The summed E-state index contributed by atoms with van der Waals surface area (Å²) >= 11 is 0. The summed E-state index contributed by atoms with van der Waals surface area (Å²) in [6.45, 7) is 3.35. The highest BCUT2D eigenvalue weighted by Gasteiger charge is 2.31. The molecular formula is C24H28N2O6. The minimum absolute atomic E-state index is 0.102. The second kappa shape index (κ2) is 10.3. The number of nitrogens with one attached hydrogen (secondary N) is 2. The van der Waals surface area contributed by atoms with Crippen molar-refractivity contribution in [2.75, 3.05) is 20.3 Å². The van der Waals surface area contributed by atoms with Crippen molar-refractivity contribution in [3.8, 4) is 11.1 Å². The lowest BCUT2D eigenvalue weighted by molar-refractivity contribution is -0.143. The molecule has 1 aliphatic carbocycles. The minimum atomic E-state index is -1.15. The van der Waals surface area contributed by atoms with Crippen LogP contribution in [0, 0.1) is 5.92 Å². The van der Waals surface area contributed by atoms with Crippen LogP contribution in [0.5, 0.6) is 0 Å². The molecule has 2 aromatic carbocycles. The van der Waals surface area contributed by atoms with Gasteiger partial charge in [0.25, 0.3) is 0 Å². The summed E-state index contributed by atoms with van der Waals surface area (Å²) in [6, 6.07) is 13.8. The van der Waals surface area contributed by atoms with Crippen molar-refractivity contribution in [2.24, 2.45) is 5.92 Å². The minimum Gasteiger partial charge on any atom is -0.480 e. The van der Waals surface area contributed by atoms with Crippen molar-refractivity contribution < 1.29 is 29.0 Å². The molecule has 0 spiro atoms. The molecule has 2 aromatic rings. The Balaban J connectivity index is 1.65. The van der Waals surface area contributed by atoms with Crippen LogP contribution in [0.2, 0.25) is 0 Å². The Bertz CT molecular complexity index is 944. The molecular weight excluding hydrogens is 412 g/mol. The number of carbonyl (C=O) groups is 3. The lowest BCUT2D eigenvalue weighted by atomic mass is 9.98. The Morgan fingerprint density at radius 3 is 2.03 bits per heavy atom. The third-order valence-corrected chi connectivity index (χ3v) is 5.52. The smallest absolute Gasteiger partial charge is 0.407 e. The molecule has 0 aliphatic heterocycles. The van der Waals surface area contributed by atoms with Gasteiger partial charge in [0.1, 0.15) is 18.7 Å². The van der Waals surface area contributed by atoms with Crippen LogP contribution in [0.25, 0.3) is 11.1 Å². The van der Waals surface area contributed by atoms with E-state index in [1.54, 1.807) is 13.8 Å². The van der Waals surface area contributed by atoms with Crippen molar-refractivity contribution in [3.05, 3.63) is 59.7 Å². The average Bonchev–Trinajstić information content (AvgIpc) is 3.09. The zero-order valence-corrected chi connectivity index (χ0v) is 18.3. The number of hydrogen-bond donors (Lipinski definition) is 3. The molecule has 170 valence electrons. The van der Waals surface area contributed by atoms with Gasteiger partial charge >= 0.3 is 12.1 Å². The van der Waals surface area contributed by atoms with E-state index in [0.29, 0.717) is 0 Å². The maximum Gasteiger partial charge on any atom is 0.407 e. The lowest BCUT2D eigenvalue weighted by Gasteiger charge is -2.23. The summed E-state index contributed by atoms with van der Waals surface area (Å²) in [6.07, 6.45) is -0.777. The largest absolute Gasteiger partial charge is 0.480 e. The van der Waals surface area contributed by atoms with E-state index in [2.05, 4.69) is 10.6 Å². The van der Waals surface area contributed by atoms with Gasteiger partial charge in [-0.25, -0.2) is 9.59 Å². The number of benzene rings is 2. The Kier molecular flexibility index (Phi) is 7.48. The first kappa shape index (κ1) is 23.3. The highest BCUT2D eigenvalue weighted by atomic mass is 16.5. The maximum absolute atomic E-state index is 12.6. The molecule has 0 saturated carbocycles. The zero-order chi connectivity index (χ0) is 23.3. The SMILES string of the molecule is COCC(NC(=O)OCC1c2ccccc2-c2ccccc21)C(=O)N[C@@H](C(=O)O)C(C)C. The molecule has 8 heteroatoms. The van der Waals surface area contributed by atoms with Crippen LogP contribution in [0.15, 0.2) is 48.5 Å². The quantitative estimate of drug-likeness (QED) is 0.553. The number of methoxy groups -OCH3 is 1. The van der Waals surface area contributed by atoms with Gasteiger partial charge in [-0.1, -0.05) is 62.4 Å². The van der Waals surface area contributed by atoms with Crippen molar-refractivity contribution in [1.82, 2.24) is 10.6 Å². The molecule has 1 aliphatic rings. The van der Waals surface area contributed by atoms with E-state index in [-0.39, 0.29) is 25.0 Å². The topological polar surface area (TPSA) is 114 Å². The standard InChI is InChI=1S/C24H28N2O6/c1-14(2)21(23(28)29)26-22(27)20(13-31-3)25-24(30)32-12-19-17-10-6-4-8-15(17)16-9-5-7-11-18(16)19/h4-11,14,19-21H,12-13H2,1-3H3,(H,25,30)(H,26,27)(H,28,29)/t20?,21-/m1/s1. The first-order chi connectivity index (χ1) is 15.3. The van der Waals surface area contributed by atoms with Crippen molar-refractivity contribution >= 4 is 18.0 Å². The molecule has 0 heterocycles. The van der Waals surface area contributed by atoms with Crippen LogP contribution < -0.4 is 10.6 Å². The normalized spacial score (nSPS) is 14.2. The maximum atomic E-state index is 12.6. The molecule has 3 N–H and O–H groups in total. The van der Waals surface area contributed by atoms with Crippen molar-refractivity contribution in [1.29, 1.82) is 0 Å². The van der Waals surface area contributed by atoms with E-state index in [0.717, 1.165) is 22.3 Å². The average molecular weight is 440 g/mol. The Hall–Kier alpha value is -3.39. The van der Waals surface area contributed by atoms with E-state index < -0.39 is 30.1 Å². The monoisotopic (exact) mass is 440 g/mol. The molecule has 3 rings (SSSR count). The van der Waals surface area contributed by atoms with Gasteiger partial charge in [0.2, 0.25) is 5.91 Å². The van der Waals surface area contributed by atoms with Gasteiger partial charge in [-0.05, 0) is 28.2 Å². The number of ether oxygens (including phenoxy) is 2. The van der Waals surface area contributed by atoms with Gasteiger partial charge in [0.15, 0.2) is 0 Å². The third kappa shape index (κ3) is 5.08. The van der Waals surface area contributed by atoms with Gasteiger partial charge in [0.05, 0.1) is 6.61 Å². The Morgan fingerprint density at radius 2 is 1.53 bits per heavy atom. The highest BCUT2D eigenvalue weighted by molar-refractivity contribution is 5.89. The van der Waals surface area contributed by atoms with Crippen LogP contribution >= 0.6 is 0 Å². The second-order valence-corrected chi connectivity index (χ2v) is 8.05. The number of hydrogen-bond acceptors (Lipinski definition) is 5. The fourth-order valence-electron chi connectivity index (χ4n) is 3.90. The molecule has 32 heavy (non-hydrogen) atoms. The van der Waals surface area contributed by atoms with Crippen molar-refractivity contribution in [3.63, 3.8) is 0 Å². The summed E-state index contributed by atoms with van der Waals surface area (Å²) in [5, 5.41) is 14.2. The molecule has 2 amide bonds. The van der Waals surface area contributed by atoms with Gasteiger partial charge in [-0.3, -0.25) is 4.79 Å². The summed E-state index contributed by atoms with van der Waals surface area (Å²) in [5.41, 5.74) is 4.38. The molecule has 1 unspecified atom stereocenters. The summed E-state index contributed by atoms with van der Waals surface area (Å²) in [5.74, 6) is -2.23.